The summed E-state index contributed by atoms with van der Waals surface area (Å²) in [6.07, 6.45) is -1.83. The van der Waals surface area contributed by atoms with E-state index in [1.54, 1.807) is 0 Å². The van der Waals surface area contributed by atoms with Crippen LogP contribution in [-0.2, 0) is 0 Å². The van der Waals surface area contributed by atoms with Crippen molar-refractivity contribution in [3.8, 4) is 0 Å². The maximum Gasteiger partial charge on any atom is 2.00 e. The SMILES string of the molecule is O=C(O)O.[Ca+2].[H-].[H-].[H-].[H-].[H-].[Na+].[Sr+2]. The van der Waals surface area contributed by atoms with Crippen molar-refractivity contribution in [1.29, 1.82) is 0 Å². The van der Waals surface area contributed by atoms with Crippen molar-refractivity contribution in [1.82, 2.24) is 0 Å². The minimum Gasteiger partial charge on any atom is -1.00 e. The molecule has 0 rings (SSSR count). The second-order valence-corrected chi connectivity index (χ2v) is 0.283. The molecule has 0 aromatic rings. The van der Waals surface area contributed by atoms with Crippen LogP contribution in [0.2, 0.25) is 0 Å². The van der Waals surface area contributed by atoms with Gasteiger partial charge in [-0.25, -0.2) is 4.79 Å². The van der Waals surface area contributed by atoms with Crippen LogP contribution >= 0.6 is 0 Å². The van der Waals surface area contributed by atoms with E-state index in [2.05, 4.69) is 0 Å². The first-order valence-corrected chi connectivity index (χ1v) is 0.651. The van der Waals surface area contributed by atoms with Crippen LogP contribution in [-0.4, -0.2) is 99.6 Å². The molecule has 2 N–H and O–H groups in total. The predicted molar refractivity (Wildman–Crippen MR) is 27.7 cm³/mol. The van der Waals surface area contributed by atoms with Gasteiger partial charge in [0.2, 0.25) is 0 Å². The molecular formula is CH7CaNaO3Sr. The Hall–Kier alpha value is 3.01. The van der Waals surface area contributed by atoms with Crippen LogP contribution < -0.4 is 29.6 Å². The molecule has 0 atom stereocenters. The molecule has 0 aliphatic heterocycles. The minimum atomic E-state index is -1.83. The number of hydrogen-bond acceptors (Lipinski definition) is 1. The second kappa shape index (κ2) is 16.0. The summed E-state index contributed by atoms with van der Waals surface area (Å²) in [5.74, 6) is 0. The smallest absolute Gasteiger partial charge is 1.00 e. The summed E-state index contributed by atoms with van der Waals surface area (Å²) < 4.78 is 0. The molecule has 6 heteroatoms. The van der Waals surface area contributed by atoms with E-state index in [0.29, 0.717) is 0 Å². The van der Waals surface area contributed by atoms with Crippen LogP contribution in [0.1, 0.15) is 7.13 Å². The van der Waals surface area contributed by atoms with Crippen molar-refractivity contribution in [3.05, 3.63) is 0 Å². The average molecular weight is 218 g/mol. The van der Waals surface area contributed by atoms with Crippen LogP contribution in [0.4, 0.5) is 4.79 Å². The molecular weight excluding hydrogens is 211 g/mol. The van der Waals surface area contributed by atoms with Gasteiger partial charge in [-0.15, -0.1) is 0 Å². The van der Waals surface area contributed by atoms with Gasteiger partial charge in [-0.2, -0.15) is 0 Å². The van der Waals surface area contributed by atoms with Crippen LogP contribution in [0.25, 0.3) is 0 Å². The fraction of sp³-hybridized carbons (Fsp3) is 0. The number of carboxylic acid groups (broad SMARTS) is 2. The maximum absolute atomic E-state index is 8.56. The molecule has 0 aromatic carbocycles. The van der Waals surface area contributed by atoms with E-state index in [0.717, 1.165) is 0 Å². The van der Waals surface area contributed by atoms with Gasteiger partial charge in [0.15, 0.2) is 0 Å². The third kappa shape index (κ3) is 48.9. The number of carbonyl (C=O) groups is 1. The summed E-state index contributed by atoms with van der Waals surface area (Å²) in [6, 6.07) is 0. The van der Waals surface area contributed by atoms with Crippen LogP contribution in [0, 0.1) is 0 Å². The molecule has 0 aliphatic rings. The normalized spacial score (nSPS) is 3.43. The van der Waals surface area contributed by atoms with Crippen molar-refractivity contribution < 1.29 is 51.7 Å². The Balaban J connectivity index is -0.00000000161. The zero-order chi connectivity index (χ0) is 3.58. The predicted octanol–water partition coefficient (Wildman–Crippen LogP) is -2.97. The van der Waals surface area contributed by atoms with E-state index in [1.807, 2.05) is 0 Å². The number of rotatable bonds is 0. The number of hydrogen-bond donors (Lipinski definition) is 2. The molecule has 0 fully saturated rings. The molecule has 34 valence electrons. The van der Waals surface area contributed by atoms with E-state index >= 15 is 0 Å². The van der Waals surface area contributed by atoms with Gasteiger partial charge >= 0.3 is 119 Å². The molecule has 0 aromatic heterocycles. The van der Waals surface area contributed by atoms with Gasteiger partial charge in [-0.1, -0.05) is 0 Å². The fourth-order valence-corrected chi connectivity index (χ4v) is 0. The summed E-state index contributed by atoms with van der Waals surface area (Å²) in [6.45, 7) is 0. The fourth-order valence-electron chi connectivity index (χ4n) is 0. The quantitative estimate of drug-likeness (QED) is 0.426. The van der Waals surface area contributed by atoms with E-state index in [4.69, 9.17) is 15.0 Å². The van der Waals surface area contributed by atoms with Crippen molar-refractivity contribution in [2.75, 3.05) is 0 Å². The monoisotopic (exact) mass is 218 g/mol. The molecule has 3 nitrogen and oxygen atoms in total. The molecule has 0 saturated heterocycles. The van der Waals surface area contributed by atoms with E-state index in [-0.39, 0.29) is 120 Å². The van der Waals surface area contributed by atoms with Crippen molar-refractivity contribution in [2.24, 2.45) is 0 Å². The second-order valence-electron chi connectivity index (χ2n) is 0.283. The maximum atomic E-state index is 8.56. The minimum absolute atomic E-state index is 0. The molecule has 0 spiro atoms. The third-order valence-electron chi connectivity index (χ3n) is 0. The molecule has 0 saturated carbocycles. The van der Waals surface area contributed by atoms with E-state index in [1.165, 1.54) is 0 Å². The van der Waals surface area contributed by atoms with Crippen LogP contribution in [0.3, 0.4) is 0 Å². The molecule has 7 heavy (non-hydrogen) atoms. The molecule has 0 amide bonds. The van der Waals surface area contributed by atoms with Gasteiger partial charge in [0.05, 0.1) is 0 Å². The largest absolute Gasteiger partial charge is 2.00 e. The first kappa shape index (κ1) is 22.5. The zero-order valence-corrected chi connectivity index (χ0v) is 11.9. The van der Waals surface area contributed by atoms with E-state index < -0.39 is 6.16 Å². The molecule has 0 unspecified atom stereocenters. The van der Waals surface area contributed by atoms with Gasteiger partial charge < -0.3 is 17.3 Å². The van der Waals surface area contributed by atoms with Crippen LogP contribution in [0.5, 0.6) is 0 Å². The summed E-state index contributed by atoms with van der Waals surface area (Å²) in [7, 11) is 0. The standard InChI is InChI=1S/CH2O3.Ca.Na.Sr.5H/c2-1(3)4;;;;;;;;/h(H2,2,3,4);;;;;;;;/q;+2;+1;+2;5*-1. The average Bonchev–Trinajstić information content (AvgIpc) is 0.811. The van der Waals surface area contributed by atoms with Gasteiger partial charge in [-0.3, -0.25) is 0 Å². The van der Waals surface area contributed by atoms with Gasteiger partial charge in [0, 0.05) is 0 Å². The van der Waals surface area contributed by atoms with Crippen molar-refractivity contribution in [3.63, 3.8) is 0 Å². The van der Waals surface area contributed by atoms with Gasteiger partial charge in [0.1, 0.15) is 0 Å². The topological polar surface area (TPSA) is 57.5 Å². The summed E-state index contributed by atoms with van der Waals surface area (Å²) in [4.78, 5) is 8.56. The van der Waals surface area contributed by atoms with Gasteiger partial charge in [0.25, 0.3) is 0 Å². The van der Waals surface area contributed by atoms with Crippen molar-refractivity contribution >= 4 is 89.4 Å². The van der Waals surface area contributed by atoms with Gasteiger partial charge in [-0.05, 0) is 0 Å². The Morgan fingerprint density at radius 1 is 1.43 bits per heavy atom. The molecule has 0 heterocycles. The van der Waals surface area contributed by atoms with Crippen LogP contribution in [0.15, 0.2) is 0 Å². The molecule has 0 bridgehead atoms. The Kier molecular flexibility index (Phi) is 51.4. The Bertz CT molecular complexity index is 49.7. The zero-order valence-electron chi connectivity index (χ0n) is 9.22. The summed E-state index contributed by atoms with van der Waals surface area (Å²) in [5, 5.41) is 13.9. The van der Waals surface area contributed by atoms with Crippen molar-refractivity contribution in [2.45, 2.75) is 0 Å². The Morgan fingerprint density at radius 3 is 1.43 bits per heavy atom. The first-order valence-electron chi connectivity index (χ1n) is 0.651. The molecule has 0 radical (unpaired) electrons. The Labute approximate surface area is 138 Å². The Morgan fingerprint density at radius 2 is 1.43 bits per heavy atom. The molecule has 0 aliphatic carbocycles. The van der Waals surface area contributed by atoms with E-state index in [9.17, 15) is 0 Å². The summed E-state index contributed by atoms with van der Waals surface area (Å²) in [5.41, 5.74) is 0. The first-order chi connectivity index (χ1) is 1.73. The summed E-state index contributed by atoms with van der Waals surface area (Å²) >= 11 is 0. The third-order valence-corrected chi connectivity index (χ3v) is 0.